The predicted molar refractivity (Wildman–Crippen MR) is 120 cm³/mol. The number of hydrogen-bond donors (Lipinski definition) is 1. The van der Waals surface area contributed by atoms with Crippen LogP contribution in [0.15, 0.2) is 59.6 Å². The average Bonchev–Trinajstić information content (AvgIpc) is 2.76. The number of amides is 1. The van der Waals surface area contributed by atoms with Crippen LogP contribution < -0.4 is 5.32 Å². The van der Waals surface area contributed by atoms with E-state index in [9.17, 15) is 4.79 Å². The summed E-state index contributed by atoms with van der Waals surface area (Å²) in [4.78, 5) is 12.8. The van der Waals surface area contributed by atoms with Crippen LogP contribution in [0.25, 0.3) is 22.0 Å². The van der Waals surface area contributed by atoms with Gasteiger partial charge in [-0.1, -0.05) is 86.1 Å². The average molecular weight is 406 g/mol. The molecule has 1 aliphatic rings. The number of fused-ring (bicyclic) bond motifs is 1. The molecule has 0 bridgehead atoms. The monoisotopic (exact) mass is 405 g/mol. The Kier molecular flexibility index (Phi) is 6.14. The molecule has 3 unspecified atom stereocenters. The Morgan fingerprint density at radius 3 is 2.45 bits per heavy atom. The molecule has 1 aliphatic carbocycles. The number of nitrogens with zero attached hydrogens (tertiary/aromatic N) is 2. The van der Waals surface area contributed by atoms with Crippen LogP contribution in [-0.2, 0) is 4.79 Å². The van der Waals surface area contributed by atoms with Crippen molar-refractivity contribution in [2.75, 3.05) is 0 Å². The first-order valence-corrected chi connectivity index (χ1v) is 11.3. The number of rotatable bonds is 5. The molecule has 1 saturated carbocycles. The maximum absolute atomic E-state index is 12.8. The largest absolute Gasteiger partial charge is 0.352 e. The lowest BCUT2D eigenvalue weighted by Gasteiger charge is -2.30. The van der Waals surface area contributed by atoms with Crippen molar-refractivity contribution in [3.63, 3.8) is 0 Å². The molecule has 0 spiro atoms. The summed E-state index contributed by atoms with van der Waals surface area (Å²) in [5, 5.41) is 15.0. The van der Waals surface area contributed by atoms with Crippen LogP contribution in [0.1, 0.15) is 39.5 Å². The van der Waals surface area contributed by atoms with Crippen LogP contribution in [0.3, 0.4) is 0 Å². The zero-order chi connectivity index (χ0) is 20.2. The third-order valence-electron chi connectivity index (χ3n) is 5.80. The molecule has 4 rings (SSSR count). The van der Waals surface area contributed by atoms with Crippen LogP contribution >= 0.6 is 11.8 Å². The predicted octanol–water partition coefficient (Wildman–Crippen LogP) is 5.47. The molecule has 3 atom stereocenters. The Hall–Kier alpha value is -2.40. The maximum Gasteiger partial charge on any atom is 0.233 e. The van der Waals surface area contributed by atoms with Gasteiger partial charge in [0.25, 0.3) is 0 Å². The Bertz CT molecular complexity index is 992. The Morgan fingerprint density at radius 1 is 1.00 bits per heavy atom. The zero-order valence-corrected chi connectivity index (χ0v) is 17.8. The van der Waals surface area contributed by atoms with Crippen molar-refractivity contribution in [3.05, 3.63) is 54.6 Å². The van der Waals surface area contributed by atoms with Gasteiger partial charge in [0.1, 0.15) is 10.7 Å². The first-order valence-electron chi connectivity index (χ1n) is 10.4. The molecular formula is C24H27N3OS. The maximum atomic E-state index is 12.8. The molecule has 1 aromatic heterocycles. The van der Waals surface area contributed by atoms with Gasteiger partial charge in [0.05, 0.1) is 5.25 Å². The number of benzene rings is 2. The minimum absolute atomic E-state index is 0.0896. The summed E-state index contributed by atoms with van der Waals surface area (Å²) in [6, 6.07) is 18.6. The van der Waals surface area contributed by atoms with E-state index in [2.05, 4.69) is 34.6 Å². The molecule has 1 amide bonds. The summed E-state index contributed by atoms with van der Waals surface area (Å²) in [6.07, 6.45) is 4.75. The van der Waals surface area contributed by atoms with E-state index in [1.807, 2.05) is 49.4 Å². The highest BCUT2D eigenvalue weighted by molar-refractivity contribution is 8.00. The Balaban J connectivity index is 1.56. The van der Waals surface area contributed by atoms with Gasteiger partial charge in [0, 0.05) is 22.4 Å². The lowest BCUT2D eigenvalue weighted by atomic mass is 9.86. The lowest BCUT2D eigenvalue weighted by molar-refractivity contribution is -0.121. The van der Waals surface area contributed by atoms with Gasteiger partial charge in [0.15, 0.2) is 0 Å². The van der Waals surface area contributed by atoms with Gasteiger partial charge in [-0.25, -0.2) is 0 Å². The van der Waals surface area contributed by atoms with E-state index >= 15 is 0 Å². The second kappa shape index (κ2) is 8.95. The lowest BCUT2D eigenvalue weighted by Crippen LogP contribution is -2.44. The standard InChI is InChI=1S/C24H27N3OS/c1-16-10-6-9-15-21(16)25-23(28)17(2)29-24-20-14-8-7-13-19(20)22(26-27-24)18-11-4-3-5-12-18/h3-5,7-8,11-14,16-17,21H,6,9-10,15H2,1-2H3,(H,25,28). The first kappa shape index (κ1) is 19.9. The summed E-state index contributed by atoms with van der Waals surface area (Å²) in [5.41, 5.74) is 1.92. The molecule has 0 aliphatic heterocycles. The molecule has 2 aromatic carbocycles. The van der Waals surface area contributed by atoms with E-state index in [-0.39, 0.29) is 11.2 Å². The van der Waals surface area contributed by atoms with Crippen LogP contribution in [0.4, 0.5) is 0 Å². The Labute approximate surface area is 176 Å². The van der Waals surface area contributed by atoms with Crippen molar-refractivity contribution in [2.45, 2.75) is 55.8 Å². The minimum Gasteiger partial charge on any atom is -0.352 e. The van der Waals surface area contributed by atoms with E-state index in [0.717, 1.165) is 33.5 Å². The van der Waals surface area contributed by atoms with Gasteiger partial charge in [0.2, 0.25) is 5.91 Å². The van der Waals surface area contributed by atoms with E-state index in [1.165, 1.54) is 31.0 Å². The molecule has 1 heterocycles. The molecule has 5 heteroatoms. The number of thioether (sulfide) groups is 1. The molecule has 29 heavy (non-hydrogen) atoms. The Morgan fingerprint density at radius 2 is 1.69 bits per heavy atom. The summed E-state index contributed by atoms with van der Waals surface area (Å²) in [5.74, 6) is 0.641. The second-order valence-corrected chi connectivity index (χ2v) is 9.23. The van der Waals surface area contributed by atoms with Crippen molar-refractivity contribution in [1.82, 2.24) is 15.5 Å². The highest BCUT2D eigenvalue weighted by Crippen LogP contribution is 2.33. The fourth-order valence-corrected chi connectivity index (χ4v) is 4.93. The van der Waals surface area contributed by atoms with Crippen molar-refractivity contribution >= 4 is 28.4 Å². The highest BCUT2D eigenvalue weighted by atomic mass is 32.2. The number of aromatic nitrogens is 2. The fourth-order valence-electron chi connectivity index (χ4n) is 4.03. The molecule has 0 radical (unpaired) electrons. The van der Waals surface area contributed by atoms with Gasteiger partial charge in [-0.05, 0) is 25.7 Å². The first-order chi connectivity index (χ1) is 14.1. The summed E-state index contributed by atoms with van der Waals surface area (Å²) >= 11 is 1.49. The highest BCUT2D eigenvalue weighted by Gasteiger charge is 2.26. The minimum atomic E-state index is -0.218. The van der Waals surface area contributed by atoms with Crippen LogP contribution in [0.5, 0.6) is 0 Å². The fraction of sp³-hybridized carbons (Fsp3) is 0.375. The van der Waals surface area contributed by atoms with Crippen LogP contribution in [0.2, 0.25) is 0 Å². The topological polar surface area (TPSA) is 54.9 Å². The van der Waals surface area contributed by atoms with Crippen molar-refractivity contribution in [1.29, 1.82) is 0 Å². The summed E-state index contributed by atoms with van der Waals surface area (Å²) in [7, 11) is 0. The van der Waals surface area contributed by atoms with E-state index in [1.54, 1.807) is 0 Å². The SMILES string of the molecule is CC(Sc1nnc(-c2ccccc2)c2ccccc12)C(=O)NC1CCCCC1C. The molecule has 1 fully saturated rings. The number of hydrogen-bond acceptors (Lipinski definition) is 4. The zero-order valence-electron chi connectivity index (χ0n) is 17.0. The number of nitrogens with one attached hydrogen (secondary N) is 1. The van der Waals surface area contributed by atoms with Gasteiger partial charge < -0.3 is 5.32 Å². The van der Waals surface area contributed by atoms with Crippen LogP contribution in [0, 0.1) is 5.92 Å². The van der Waals surface area contributed by atoms with Gasteiger partial charge in [-0.2, -0.15) is 0 Å². The van der Waals surface area contributed by atoms with Gasteiger partial charge >= 0.3 is 0 Å². The van der Waals surface area contributed by atoms with Crippen molar-refractivity contribution < 1.29 is 4.79 Å². The normalized spacial score (nSPS) is 20.3. The molecule has 1 N–H and O–H groups in total. The molecule has 3 aromatic rings. The summed E-state index contributed by atoms with van der Waals surface area (Å²) < 4.78 is 0. The van der Waals surface area contributed by atoms with E-state index < -0.39 is 0 Å². The summed E-state index contributed by atoms with van der Waals surface area (Å²) in [6.45, 7) is 4.19. The molecule has 0 saturated heterocycles. The molecule has 4 nitrogen and oxygen atoms in total. The molecule has 150 valence electrons. The van der Waals surface area contributed by atoms with Crippen LogP contribution in [-0.4, -0.2) is 27.4 Å². The van der Waals surface area contributed by atoms with Gasteiger partial charge in [-0.15, -0.1) is 10.2 Å². The third kappa shape index (κ3) is 4.45. The quantitative estimate of drug-likeness (QED) is 0.572. The number of carbonyl (C=O) groups excluding carboxylic acids is 1. The molecular weight excluding hydrogens is 378 g/mol. The van der Waals surface area contributed by atoms with E-state index in [0.29, 0.717) is 12.0 Å². The van der Waals surface area contributed by atoms with Gasteiger partial charge in [-0.3, -0.25) is 4.79 Å². The van der Waals surface area contributed by atoms with E-state index in [4.69, 9.17) is 0 Å². The van der Waals surface area contributed by atoms with Crippen molar-refractivity contribution in [3.8, 4) is 11.3 Å². The third-order valence-corrected chi connectivity index (χ3v) is 6.89. The number of carbonyl (C=O) groups is 1. The van der Waals surface area contributed by atoms with Crippen molar-refractivity contribution in [2.24, 2.45) is 5.92 Å². The second-order valence-electron chi connectivity index (χ2n) is 7.90. The smallest absolute Gasteiger partial charge is 0.233 e.